The Balaban J connectivity index is 1.50. The minimum atomic E-state index is -3.77. The van der Waals surface area contributed by atoms with Gasteiger partial charge in [-0.3, -0.25) is 4.72 Å². The molecule has 3 aromatic rings. The molecule has 4 rings (SSSR count). The number of nitrogens with zero attached hydrogens (tertiary/aromatic N) is 2. The smallest absolute Gasteiger partial charge is 0.262 e. The summed E-state index contributed by atoms with van der Waals surface area (Å²) in [5, 5.41) is 8.12. The molecule has 0 saturated heterocycles. The number of benzene rings is 2. The van der Waals surface area contributed by atoms with Crippen LogP contribution in [-0.4, -0.2) is 38.4 Å². The molecule has 1 aliphatic heterocycles. The van der Waals surface area contributed by atoms with Gasteiger partial charge in [-0.2, -0.15) is 0 Å². The topological polar surface area (TPSA) is 99.6 Å². The maximum Gasteiger partial charge on any atom is 0.262 e. The van der Waals surface area contributed by atoms with Crippen molar-refractivity contribution < 1.29 is 22.6 Å². The summed E-state index contributed by atoms with van der Waals surface area (Å²) in [5.41, 5.74) is 1.90. The molecular formula is C20H19N3O5S. The minimum absolute atomic E-state index is 0.100. The Bertz CT molecular complexity index is 1100. The third-order valence-electron chi connectivity index (χ3n) is 4.19. The van der Waals surface area contributed by atoms with Gasteiger partial charge in [-0.25, -0.2) is 8.42 Å². The lowest BCUT2D eigenvalue weighted by Crippen LogP contribution is -2.17. The fourth-order valence-electron chi connectivity index (χ4n) is 2.81. The zero-order valence-corrected chi connectivity index (χ0v) is 16.5. The number of rotatable bonds is 6. The molecule has 1 aromatic heterocycles. The van der Waals surface area contributed by atoms with E-state index in [0.29, 0.717) is 48.6 Å². The van der Waals surface area contributed by atoms with Gasteiger partial charge in [0, 0.05) is 23.4 Å². The number of ether oxygens (including phenoxy) is 3. The SMILES string of the molecule is CCOc1ccc(-c2ccc(NS(=O)(=O)c3ccc4c(c3)OCCO4)cc2)nn1. The minimum Gasteiger partial charge on any atom is -0.486 e. The summed E-state index contributed by atoms with van der Waals surface area (Å²) in [7, 11) is -3.77. The number of fused-ring (bicyclic) bond motifs is 1. The number of sulfonamides is 1. The van der Waals surface area contributed by atoms with Crippen LogP contribution < -0.4 is 18.9 Å². The predicted molar refractivity (Wildman–Crippen MR) is 107 cm³/mol. The van der Waals surface area contributed by atoms with E-state index < -0.39 is 10.0 Å². The van der Waals surface area contributed by atoms with Crippen LogP contribution in [0.4, 0.5) is 5.69 Å². The highest BCUT2D eigenvalue weighted by molar-refractivity contribution is 7.92. The summed E-state index contributed by atoms with van der Waals surface area (Å²) < 4.78 is 44.1. The number of hydrogen-bond donors (Lipinski definition) is 1. The third-order valence-corrected chi connectivity index (χ3v) is 5.57. The lowest BCUT2D eigenvalue weighted by molar-refractivity contribution is 0.171. The Labute approximate surface area is 168 Å². The van der Waals surface area contributed by atoms with Crippen LogP contribution in [0.1, 0.15) is 6.92 Å². The summed E-state index contributed by atoms with van der Waals surface area (Å²) in [5.74, 6) is 1.42. The molecule has 0 fully saturated rings. The van der Waals surface area contributed by atoms with E-state index in [9.17, 15) is 8.42 Å². The van der Waals surface area contributed by atoms with E-state index in [4.69, 9.17) is 14.2 Å². The van der Waals surface area contributed by atoms with E-state index in [-0.39, 0.29) is 4.90 Å². The molecule has 1 aliphatic rings. The molecule has 0 atom stereocenters. The molecule has 0 bridgehead atoms. The van der Waals surface area contributed by atoms with Gasteiger partial charge in [-0.05, 0) is 37.3 Å². The van der Waals surface area contributed by atoms with E-state index in [1.165, 1.54) is 12.1 Å². The van der Waals surface area contributed by atoms with Crippen molar-refractivity contribution in [3.8, 4) is 28.6 Å². The molecule has 0 aliphatic carbocycles. The molecule has 1 N–H and O–H groups in total. The first-order valence-electron chi connectivity index (χ1n) is 9.04. The molecular weight excluding hydrogens is 394 g/mol. The van der Waals surface area contributed by atoms with Crippen LogP contribution in [0, 0.1) is 0 Å². The Morgan fingerprint density at radius 3 is 2.41 bits per heavy atom. The molecule has 0 amide bonds. The maximum atomic E-state index is 12.7. The molecule has 2 heterocycles. The first kappa shape index (κ1) is 19.0. The zero-order valence-electron chi connectivity index (χ0n) is 15.7. The summed E-state index contributed by atoms with van der Waals surface area (Å²) in [4.78, 5) is 0.100. The molecule has 9 heteroatoms. The van der Waals surface area contributed by atoms with Crippen LogP contribution >= 0.6 is 0 Å². The highest BCUT2D eigenvalue weighted by Gasteiger charge is 2.19. The Hall–Kier alpha value is -3.33. The van der Waals surface area contributed by atoms with Gasteiger partial charge in [0.15, 0.2) is 11.5 Å². The largest absolute Gasteiger partial charge is 0.486 e. The molecule has 8 nitrogen and oxygen atoms in total. The van der Waals surface area contributed by atoms with E-state index in [1.807, 2.05) is 6.92 Å². The maximum absolute atomic E-state index is 12.7. The van der Waals surface area contributed by atoms with Gasteiger partial charge < -0.3 is 14.2 Å². The highest BCUT2D eigenvalue weighted by atomic mass is 32.2. The van der Waals surface area contributed by atoms with Crippen molar-refractivity contribution in [2.45, 2.75) is 11.8 Å². The third kappa shape index (κ3) is 4.24. The van der Waals surface area contributed by atoms with Crippen molar-refractivity contribution >= 4 is 15.7 Å². The quantitative estimate of drug-likeness (QED) is 0.663. The summed E-state index contributed by atoms with van der Waals surface area (Å²) in [6, 6.07) is 15.0. The van der Waals surface area contributed by atoms with Gasteiger partial charge in [0.1, 0.15) is 13.2 Å². The van der Waals surface area contributed by atoms with Crippen molar-refractivity contribution in [3.63, 3.8) is 0 Å². The molecule has 0 spiro atoms. The number of hydrogen-bond acceptors (Lipinski definition) is 7. The van der Waals surface area contributed by atoms with Gasteiger partial charge in [0.2, 0.25) is 5.88 Å². The molecule has 0 unspecified atom stereocenters. The zero-order chi connectivity index (χ0) is 20.3. The number of aromatic nitrogens is 2. The van der Waals surface area contributed by atoms with E-state index in [1.54, 1.807) is 42.5 Å². The van der Waals surface area contributed by atoms with Gasteiger partial charge in [0.25, 0.3) is 10.0 Å². The first-order chi connectivity index (χ1) is 14.0. The highest BCUT2D eigenvalue weighted by Crippen LogP contribution is 2.33. The molecule has 150 valence electrons. The van der Waals surface area contributed by atoms with Crippen molar-refractivity contribution in [2.75, 3.05) is 24.5 Å². The monoisotopic (exact) mass is 413 g/mol. The fourth-order valence-corrected chi connectivity index (χ4v) is 3.89. The molecule has 29 heavy (non-hydrogen) atoms. The second-order valence-corrected chi connectivity index (χ2v) is 7.86. The van der Waals surface area contributed by atoms with Gasteiger partial charge in [0.05, 0.1) is 17.2 Å². The van der Waals surface area contributed by atoms with Crippen LogP contribution in [0.5, 0.6) is 17.4 Å². The van der Waals surface area contributed by atoms with Crippen LogP contribution in [0.3, 0.4) is 0 Å². The average molecular weight is 413 g/mol. The number of nitrogens with one attached hydrogen (secondary N) is 1. The van der Waals surface area contributed by atoms with Crippen molar-refractivity contribution in [1.29, 1.82) is 0 Å². The Kier molecular flexibility index (Phi) is 5.22. The van der Waals surface area contributed by atoms with Crippen LogP contribution in [0.25, 0.3) is 11.3 Å². The molecule has 0 radical (unpaired) electrons. The second-order valence-electron chi connectivity index (χ2n) is 6.18. The van der Waals surface area contributed by atoms with Crippen LogP contribution in [0.15, 0.2) is 59.5 Å². The van der Waals surface area contributed by atoms with Crippen LogP contribution in [0.2, 0.25) is 0 Å². The van der Waals surface area contributed by atoms with Crippen molar-refractivity contribution in [3.05, 3.63) is 54.6 Å². The van der Waals surface area contributed by atoms with Gasteiger partial charge >= 0.3 is 0 Å². The van der Waals surface area contributed by atoms with E-state index in [0.717, 1.165) is 5.56 Å². The van der Waals surface area contributed by atoms with E-state index >= 15 is 0 Å². The lowest BCUT2D eigenvalue weighted by Gasteiger charge is -2.19. The second kappa shape index (κ2) is 7.96. The van der Waals surface area contributed by atoms with Crippen molar-refractivity contribution in [2.24, 2.45) is 0 Å². The fraction of sp³-hybridized carbons (Fsp3) is 0.200. The lowest BCUT2D eigenvalue weighted by atomic mass is 10.1. The van der Waals surface area contributed by atoms with Crippen LogP contribution in [-0.2, 0) is 10.0 Å². The van der Waals surface area contributed by atoms with Gasteiger partial charge in [-0.1, -0.05) is 12.1 Å². The number of anilines is 1. The summed E-state index contributed by atoms with van der Waals surface area (Å²) in [6.45, 7) is 3.23. The first-order valence-corrected chi connectivity index (χ1v) is 10.5. The molecule has 0 saturated carbocycles. The average Bonchev–Trinajstić information content (AvgIpc) is 2.74. The van der Waals surface area contributed by atoms with Crippen molar-refractivity contribution in [1.82, 2.24) is 10.2 Å². The summed E-state index contributed by atoms with van der Waals surface area (Å²) in [6.07, 6.45) is 0. The summed E-state index contributed by atoms with van der Waals surface area (Å²) >= 11 is 0. The van der Waals surface area contributed by atoms with Gasteiger partial charge in [-0.15, -0.1) is 10.2 Å². The Morgan fingerprint density at radius 1 is 0.966 bits per heavy atom. The van der Waals surface area contributed by atoms with E-state index in [2.05, 4.69) is 14.9 Å². The predicted octanol–water partition coefficient (Wildman–Crippen LogP) is 3.11. The molecule has 2 aromatic carbocycles. The normalized spacial score (nSPS) is 13.0. The standard InChI is InChI=1S/C20H19N3O5S/c1-2-26-20-10-8-17(21-22-20)14-3-5-15(6-4-14)23-29(24,25)16-7-9-18-19(13-16)28-12-11-27-18/h3-10,13,23H,2,11-12H2,1H3. The Morgan fingerprint density at radius 2 is 1.72 bits per heavy atom.